The van der Waals surface area contributed by atoms with Gasteiger partial charge in [0.25, 0.3) is 5.91 Å². The highest BCUT2D eigenvalue weighted by Crippen LogP contribution is 2.53. The van der Waals surface area contributed by atoms with E-state index in [1.54, 1.807) is 0 Å². The fourth-order valence-electron chi connectivity index (χ4n) is 2.45. The summed E-state index contributed by atoms with van der Waals surface area (Å²) in [4.78, 5) is 24.3. The number of amides is 1. The molecule has 0 radical (unpaired) electrons. The second-order valence-electron chi connectivity index (χ2n) is 6.92. The number of quaternary nitrogens is 1. The van der Waals surface area contributed by atoms with E-state index in [2.05, 4.69) is 31.2 Å². The molecule has 0 saturated carbocycles. The molecule has 7 nitrogen and oxygen atoms in total. The maximum Gasteiger partial charge on any atom is 0.312 e. The molecule has 8 heteroatoms. The second-order valence-corrected chi connectivity index (χ2v) is 8.74. The second kappa shape index (κ2) is 8.70. The molecule has 23 heavy (non-hydrogen) atoms. The Labute approximate surface area is 140 Å². The molecule has 1 rings (SSSR count). The van der Waals surface area contributed by atoms with Gasteiger partial charge in [0.05, 0.1) is 26.2 Å². The van der Waals surface area contributed by atoms with Crippen molar-refractivity contribution in [3.8, 4) is 0 Å². The van der Waals surface area contributed by atoms with E-state index in [0.717, 1.165) is 24.1 Å². The summed E-state index contributed by atoms with van der Waals surface area (Å²) in [6.45, 7) is 15.1. The summed E-state index contributed by atoms with van der Waals surface area (Å²) in [5, 5.41) is 5.65. The van der Waals surface area contributed by atoms with Gasteiger partial charge < -0.3 is 14.7 Å². The first-order chi connectivity index (χ1) is 10.7. The summed E-state index contributed by atoms with van der Waals surface area (Å²) >= 11 is 0. The van der Waals surface area contributed by atoms with Crippen molar-refractivity contribution in [3.63, 3.8) is 0 Å². The zero-order chi connectivity index (χ0) is 17.6. The number of carbonyl (C=O) groups is 1. The van der Waals surface area contributed by atoms with Crippen LogP contribution in [0.25, 0.3) is 0 Å². The predicted octanol–water partition coefficient (Wildman–Crippen LogP) is 0.680. The molecule has 0 aliphatic carbocycles. The third-order valence-corrected chi connectivity index (χ3v) is 6.04. The Morgan fingerprint density at radius 1 is 1.13 bits per heavy atom. The Hall–Kier alpha value is -0.300. The molecule has 0 aromatic rings. The van der Waals surface area contributed by atoms with Gasteiger partial charge in [0.15, 0.2) is 6.54 Å². The molecular formula is C15H33N3O4P+. The highest BCUT2D eigenvalue weighted by Gasteiger charge is 2.41. The van der Waals surface area contributed by atoms with Crippen LogP contribution in [0, 0.1) is 5.41 Å². The minimum absolute atomic E-state index is 0.0160. The van der Waals surface area contributed by atoms with Gasteiger partial charge in [-0.05, 0) is 20.8 Å². The number of likely N-dealkylation sites (N-methyl/N-ethyl adjacent to an activating group) is 1. The van der Waals surface area contributed by atoms with Gasteiger partial charge >= 0.3 is 8.09 Å². The van der Waals surface area contributed by atoms with E-state index in [1.807, 2.05) is 13.8 Å². The van der Waals surface area contributed by atoms with Gasteiger partial charge in [-0.15, -0.1) is 5.09 Å². The van der Waals surface area contributed by atoms with Crippen LogP contribution in [-0.4, -0.2) is 62.9 Å². The van der Waals surface area contributed by atoms with Crippen molar-refractivity contribution in [1.82, 2.24) is 10.4 Å². The van der Waals surface area contributed by atoms with Crippen molar-refractivity contribution < 1.29 is 23.2 Å². The molecule has 0 atom stereocenters. The highest BCUT2D eigenvalue weighted by atomic mass is 31.2. The predicted molar refractivity (Wildman–Crippen MR) is 90.4 cm³/mol. The van der Waals surface area contributed by atoms with Crippen molar-refractivity contribution in [1.29, 1.82) is 0 Å². The minimum Gasteiger partial charge on any atom is -0.616 e. The first-order valence-corrected chi connectivity index (χ1v) is 10.00. The van der Waals surface area contributed by atoms with Crippen LogP contribution >= 0.6 is 8.09 Å². The zero-order valence-corrected chi connectivity index (χ0v) is 16.1. The summed E-state index contributed by atoms with van der Waals surface area (Å²) in [7, 11) is -3.22. The van der Waals surface area contributed by atoms with Gasteiger partial charge in [0.2, 0.25) is 0 Å². The summed E-state index contributed by atoms with van der Waals surface area (Å²) in [5.41, 5.74) is -0.120. The fourth-order valence-corrected chi connectivity index (χ4v) is 4.13. The van der Waals surface area contributed by atoms with Crippen LogP contribution in [0.3, 0.4) is 0 Å². The average Bonchev–Trinajstić information content (AvgIpc) is 2.53. The number of nitrogens with one attached hydrogen (secondary N) is 2. The van der Waals surface area contributed by atoms with Gasteiger partial charge in [0, 0.05) is 12.0 Å². The smallest absolute Gasteiger partial charge is 0.312 e. The minimum atomic E-state index is -3.22. The van der Waals surface area contributed by atoms with Crippen LogP contribution < -0.4 is 15.3 Å². The first kappa shape index (κ1) is 20.7. The summed E-state index contributed by atoms with van der Waals surface area (Å²) in [5.74, 6) is 0.0160. The molecule has 1 heterocycles. The van der Waals surface area contributed by atoms with E-state index in [9.17, 15) is 9.69 Å². The van der Waals surface area contributed by atoms with Crippen LogP contribution in [0.5, 0.6) is 0 Å². The van der Waals surface area contributed by atoms with Gasteiger partial charge in [-0.3, -0.25) is 4.79 Å². The Morgan fingerprint density at radius 3 is 2.13 bits per heavy atom. The SMILES string of the molecule is CC[N+](CC)(CC)CC(=O)NCCN[P+]1([O-])OCC(C)(C)CO1. The molecule has 1 fully saturated rings. The zero-order valence-electron chi connectivity index (χ0n) is 15.2. The lowest BCUT2D eigenvalue weighted by molar-refractivity contribution is -0.915. The van der Waals surface area contributed by atoms with Crippen LogP contribution in [-0.2, 0) is 13.8 Å². The molecule has 2 N–H and O–H groups in total. The summed E-state index contributed by atoms with van der Waals surface area (Å²) in [6.07, 6.45) is 0. The standard InChI is InChI=1S/C15H32N3O4P/c1-6-18(7-2,8-3)11-14(19)16-9-10-17-23(20)21-12-15(4,5)13-22-23/h6-13H2,1-5H3,(H-,16,17,19,20)/p+1. The fraction of sp³-hybridized carbons (Fsp3) is 0.933. The summed E-state index contributed by atoms with van der Waals surface area (Å²) < 4.78 is 11.4. The molecule has 0 aromatic carbocycles. The number of hydrogen-bond acceptors (Lipinski definition) is 5. The molecule has 1 aliphatic rings. The Bertz CT molecular complexity index is 371. The molecule has 0 bridgehead atoms. The monoisotopic (exact) mass is 350 g/mol. The maximum absolute atomic E-state index is 12.3. The van der Waals surface area contributed by atoms with Gasteiger partial charge in [-0.2, -0.15) is 9.05 Å². The topological polar surface area (TPSA) is 82.7 Å². The molecule has 0 spiro atoms. The van der Waals surface area contributed by atoms with E-state index >= 15 is 0 Å². The molecule has 1 amide bonds. The van der Waals surface area contributed by atoms with E-state index < -0.39 is 8.09 Å². The van der Waals surface area contributed by atoms with Gasteiger partial charge in [-0.25, -0.2) is 0 Å². The number of hydrogen-bond donors (Lipinski definition) is 2. The Balaban J connectivity index is 2.28. The average molecular weight is 350 g/mol. The third kappa shape index (κ3) is 6.61. The lowest BCUT2D eigenvalue weighted by atomic mass is 9.97. The number of carbonyl (C=O) groups excluding carboxylic acids is 1. The molecule has 1 aliphatic heterocycles. The maximum atomic E-state index is 12.3. The highest BCUT2D eigenvalue weighted by molar-refractivity contribution is 7.57. The lowest BCUT2D eigenvalue weighted by Gasteiger charge is -2.37. The number of nitrogens with zero attached hydrogens (tertiary/aromatic N) is 1. The van der Waals surface area contributed by atoms with Crippen molar-refractivity contribution in [2.75, 3.05) is 52.5 Å². The Kier molecular flexibility index (Phi) is 7.84. The Morgan fingerprint density at radius 2 is 1.65 bits per heavy atom. The van der Waals surface area contributed by atoms with Gasteiger partial charge in [0.1, 0.15) is 13.2 Å². The van der Waals surface area contributed by atoms with Crippen LogP contribution in [0.2, 0.25) is 0 Å². The molecule has 136 valence electrons. The van der Waals surface area contributed by atoms with Crippen molar-refractivity contribution in [3.05, 3.63) is 0 Å². The van der Waals surface area contributed by atoms with Crippen molar-refractivity contribution >= 4 is 14.0 Å². The van der Waals surface area contributed by atoms with E-state index in [-0.39, 0.29) is 11.3 Å². The van der Waals surface area contributed by atoms with E-state index in [4.69, 9.17) is 9.05 Å². The first-order valence-electron chi connectivity index (χ1n) is 8.46. The van der Waals surface area contributed by atoms with Crippen LogP contribution in [0.15, 0.2) is 0 Å². The number of rotatable bonds is 9. The quantitative estimate of drug-likeness (QED) is 0.363. The van der Waals surface area contributed by atoms with E-state index in [0.29, 0.717) is 32.8 Å². The lowest BCUT2D eigenvalue weighted by Crippen LogP contribution is -2.53. The van der Waals surface area contributed by atoms with Crippen LogP contribution in [0.4, 0.5) is 0 Å². The molecule has 0 aromatic heterocycles. The molecule has 0 unspecified atom stereocenters. The third-order valence-electron chi connectivity index (χ3n) is 4.49. The van der Waals surface area contributed by atoms with Crippen molar-refractivity contribution in [2.45, 2.75) is 34.6 Å². The van der Waals surface area contributed by atoms with Crippen molar-refractivity contribution in [2.24, 2.45) is 5.41 Å². The van der Waals surface area contributed by atoms with Crippen LogP contribution in [0.1, 0.15) is 34.6 Å². The largest absolute Gasteiger partial charge is 0.616 e. The molecular weight excluding hydrogens is 317 g/mol. The normalized spacial score (nSPS) is 20.3. The van der Waals surface area contributed by atoms with Gasteiger partial charge in [-0.1, -0.05) is 13.8 Å². The summed E-state index contributed by atoms with van der Waals surface area (Å²) in [6, 6.07) is 0. The molecule has 1 saturated heterocycles. The van der Waals surface area contributed by atoms with E-state index in [1.165, 1.54) is 0 Å².